The molecule has 108 valence electrons. The summed E-state index contributed by atoms with van der Waals surface area (Å²) in [6.45, 7) is 3.59. The van der Waals surface area contributed by atoms with Gasteiger partial charge in [0.15, 0.2) is 0 Å². The van der Waals surface area contributed by atoms with Crippen molar-refractivity contribution in [3.63, 3.8) is 0 Å². The van der Waals surface area contributed by atoms with Crippen molar-refractivity contribution in [2.24, 2.45) is 17.3 Å². The molecule has 2 N–H and O–H groups in total. The minimum absolute atomic E-state index is 0.272. The molecule has 0 heterocycles. The van der Waals surface area contributed by atoms with Crippen LogP contribution in [0.2, 0.25) is 0 Å². The van der Waals surface area contributed by atoms with Crippen LogP contribution in [-0.2, 0) is 9.59 Å². The van der Waals surface area contributed by atoms with Gasteiger partial charge in [0.2, 0.25) is 5.91 Å². The Morgan fingerprint density at radius 1 is 1.15 bits per heavy atom. The molecule has 0 radical (unpaired) electrons. The van der Waals surface area contributed by atoms with Crippen molar-refractivity contribution >= 4 is 65.4 Å². The fourth-order valence-electron chi connectivity index (χ4n) is 2.45. The number of hydrogen-bond donors (Lipinski definition) is 2. The van der Waals surface area contributed by atoms with Gasteiger partial charge in [0, 0.05) is 13.4 Å². The molecule has 1 aliphatic carbocycles. The van der Waals surface area contributed by atoms with Crippen molar-refractivity contribution in [3.05, 3.63) is 25.6 Å². The number of rotatable bonds is 3. The molecule has 0 aromatic heterocycles. The largest absolute Gasteiger partial charge is 0.481 e. The smallest absolute Gasteiger partial charge is 0.307 e. The Bertz CT molecular complexity index is 578. The van der Waals surface area contributed by atoms with Crippen LogP contribution in [0.5, 0.6) is 0 Å². The number of aliphatic carboxylic acids is 1. The predicted octanol–water partition coefficient (Wildman–Crippen LogP) is 4.27. The zero-order chi connectivity index (χ0) is 15.2. The average Bonchev–Trinajstić information content (AvgIpc) is 2.86. The van der Waals surface area contributed by atoms with Gasteiger partial charge >= 0.3 is 5.97 Å². The number of carboxylic acid groups (broad SMARTS) is 1. The van der Waals surface area contributed by atoms with Gasteiger partial charge in [-0.1, -0.05) is 29.8 Å². The van der Waals surface area contributed by atoms with E-state index < -0.39 is 23.2 Å². The molecule has 20 heavy (non-hydrogen) atoms. The van der Waals surface area contributed by atoms with Crippen LogP contribution >= 0.6 is 47.8 Å². The highest BCUT2D eigenvalue weighted by atomic mass is 79.9. The second-order valence-corrected chi connectivity index (χ2v) is 7.97. The zero-order valence-electron chi connectivity index (χ0n) is 10.7. The first-order valence-electron chi connectivity index (χ1n) is 5.84. The number of halogens is 3. The van der Waals surface area contributed by atoms with E-state index in [1.807, 2.05) is 12.1 Å². The van der Waals surface area contributed by atoms with Crippen molar-refractivity contribution in [2.75, 3.05) is 5.32 Å². The third-order valence-electron chi connectivity index (χ3n) is 3.63. The Labute approximate surface area is 141 Å². The molecule has 2 atom stereocenters. The molecule has 1 aromatic rings. The van der Waals surface area contributed by atoms with E-state index in [-0.39, 0.29) is 5.91 Å². The van der Waals surface area contributed by atoms with Gasteiger partial charge < -0.3 is 10.4 Å². The Morgan fingerprint density at radius 3 is 2.05 bits per heavy atom. The maximum absolute atomic E-state index is 12.3. The molecule has 1 aliphatic rings. The van der Waals surface area contributed by atoms with Crippen molar-refractivity contribution < 1.29 is 14.7 Å². The molecule has 0 spiro atoms. The van der Waals surface area contributed by atoms with Crippen LogP contribution in [0.4, 0.5) is 5.69 Å². The van der Waals surface area contributed by atoms with Crippen LogP contribution in [0.15, 0.2) is 25.6 Å². The highest BCUT2D eigenvalue weighted by Gasteiger charge is 2.65. The molecule has 1 aromatic carbocycles. The Balaban J connectivity index is 2.20. The monoisotopic (exact) mass is 467 g/mol. The molecule has 0 unspecified atom stereocenters. The summed E-state index contributed by atoms with van der Waals surface area (Å²) in [6, 6.07) is 3.63. The number of nitrogens with one attached hydrogen (secondary N) is 1. The summed E-state index contributed by atoms with van der Waals surface area (Å²) >= 11 is 10.1. The standard InChI is InChI=1S/C13H12Br3NO3/c1-13(2)8(9(13)12(19)20)11(18)17-10-6(15)3-5(14)4-7(10)16/h3-4,8-9H,1-2H3,(H,17,18)(H,19,20)/t8-,9+/m1/s1. The number of benzene rings is 1. The van der Waals surface area contributed by atoms with Crippen molar-refractivity contribution in [2.45, 2.75) is 13.8 Å². The van der Waals surface area contributed by atoms with E-state index in [4.69, 9.17) is 5.11 Å². The third kappa shape index (κ3) is 2.80. The first-order valence-corrected chi connectivity index (χ1v) is 8.22. The van der Waals surface area contributed by atoms with E-state index in [9.17, 15) is 9.59 Å². The molecule has 0 saturated heterocycles. The van der Waals surface area contributed by atoms with Crippen LogP contribution in [-0.4, -0.2) is 17.0 Å². The molecule has 4 nitrogen and oxygen atoms in total. The summed E-state index contributed by atoms with van der Waals surface area (Å²) in [5.74, 6) is -2.34. The van der Waals surface area contributed by atoms with Crippen LogP contribution in [0.3, 0.4) is 0 Å². The van der Waals surface area contributed by atoms with E-state index in [0.29, 0.717) is 5.69 Å². The fourth-order valence-corrected chi connectivity index (χ4v) is 4.91. The Morgan fingerprint density at radius 2 is 1.65 bits per heavy atom. The number of hydrogen-bond acceptors (Lipinski definition) is 2. The normalized spacial score (nSPS) is 23.2. The van der Waals surface area contributed by atoms with Crippen molar-refractivity contribution in [1.29, 1.82) is 0 Å². The number of amides is 1. The van der Waals surface area contributed by atoms with Gasteiger partial charge in [-0.2, -0.15) is 0 Å². The summed E-state index contributed by atoms with van der Waals surface area (Å²) < 4.78 is 2.30. The van der Waals surface area contributed by atoms with Crippen molar-refractivity contribution in [3.8, 4) is 0 Å². The van der Waals surface area contributed by atoms with Crippen molar-refractivity contribution in [1.82, 2.24) is 0 Å². The minimum Gasteiger partial charge on any atom is -0.481 e. The molecule has 0 bridgehead atoms. The second-order valence-electron chi connectivity index (χ2n) is 5.35. The van der Waals surface area contributed by atoms with Gasteiger partial charge in [-0.3, -0.25) is 9.59 Å². The first kappa shape index (κ1) is 16.0. The number of carboxylic acids is 1. The highest BCUT2D eigenvalue weighted by molar-refractivity contribution is 9.11. The highest BCUT2D eigenvalue weighted by Crippen LogP contribution is 2.58. The van der Waals surface area contributed by atoms with Gasteiger partial charge in [0.25, 0.3) is 0 Å². The average molecular weight is 470 g/mol. The SMILES string of the molecule is CC1(C)[C@H](C(=O)O)[C@@H]1C(=O)Nc1c(Br)cc(Br)cc1Br. The summed E-state index contributed by atoms with van der Waals surface area (Å²) in [5, 5.41) is 11.9. The number of carbonyl (C=O) groups is 2. The number of carbonyl (C=O) groups excluding carboxylic acids is 1. The predicted molar refractivity (Wildman–Crippen MR) is 86.6 cm³/mol. The van der Waals surface area contributed by atoms with E-state index in [0.717, 1.165) is 13.4 Å². The van der Waals surface area contributed by atoms with Crippen LogP contribution < -0.4 is 5.32 Å². The van der Waals surface area contributed by atoms with Gasteiger partial charge in [-0.15, -0.1) is 0 Å². The van der Waals surface area contributed by atoms with Crippen LogP contribution in [0, 0.1) is 17.3 Å². The lowest BCUT2D eigenvalue weighted by Crippen LogP contribution is -2.18. The molecule has 1 fully saturated rings. The van der Waals surface area contributed by atoms with E-state index in [1.165, 1.54) is 0 Å². The Kier molecular flexibility index (Phi) is 4.33. The number of anilines is 1. The quantitative estimate of drug-likeness (QED) is 0.694. The minimum atomic E-state index is -0.927. The summed E-state index contributed by atoms with van der Waals surface area (Å²) in [5.41, 5.74) is 0.0922. The van der Waals surface area contributed by atoms with E-state index in [1.54, 1.807) is 13.8 Å². The molecular formula is C13H12Br3NO3. The lowest BCUT2D eigenvalue weighted by molar-refractivity contribution is -0.140. The lowest BCUT2D eigenvalue weighted by Gasteiger charge is -2.11. The summed E-state index contributed by atoms with van der Waals surface area (Å²) in [6.07, 6.45) is 0. The Hall–Kier alpha value is -0.400. The third-order valence-corrected chi connectivity index (χ3v) is 5.34. The zero-order valence-corrected chi connectivity index (χ0v) is 15.5. The summed E-state index contributed by atoms with van der Waals surface area (Å²) in [7, 11) is 0. The molecular weight excluding hydrogens is 458 g/mol. The maximum Gasteiger partial charge on any atom is 0.307 e. The van der Waals surface area contributed by atoms with Gasteiger partial charge in [0.1, 0.15) is 0 Å². The maximum atomic E-state index is 12.3. The topological polar surface area (TPSA) is 66.4 Å². The van der Waals surface area contributed by atoms with Crippen LogP contribution in [0.25, 0.3) is 0 Å². The fraction of sp³-hybridized carbons (Fsp3) is 0.385. The lowest BCUT2D eigenvalue weighted by atomic mass is 10.1. The molecule has 1 amide bonds. The molecule has 2 rings (SSSR count). The van der Waals surface area contributed by atoms with E-state index >= 15 is 0 Å². The molecule has 7 heteroatoms. The first-order chi connectivity index (χ1) is 9.16. The van der Waals surface area contributed by atoms with Crippen LogP contribution in [0.1, 0.15) is 13.8 Å². The summed E-state index contributed by atoms with van der Waals surface area (Å²) in [4.78, 5) is 23.4. The van der Waals surface area contributed by atoms with Gasteiger partial charge in [-0.25, -0.2) is 0 Å². The van der Waals surface area contributed by atoms with Gasteiger partial charge in [0.05, 0.1) is 17.5 Å². The van der Waals surface area contributed by atoms with E-state index in [2.05, 4.69) is 53.1 Å². The van der Waals surface area contributed by atoms with Gasteiger partial charge in [-0.05, 0) is 49.4 Å². The molecule has 0 aliphatic heterocycles. The molecule has 1 saturated carbocycles. The second kappa shape index (κ2) is 5.42.